The number of quaternary nitrogens is 1. The molecule has 0 aliphatic carbocycles. The van der Waals surface area contributed by atoms with Gasteiger partial charge in [-0.1, -0.05) is 25.5 Å². The van der Waals surface area contributed by atoms with Gasteiger partial charge in [-0.3, -0.25) is 10.0 Å². The number of nitrogens with one attached hydrogen (secondary N) is 1. The first-order valence-electron chi connectivity index (χ1n) is 6.31. The third-order valence-electron chi connectivity index (χ3n) is 3.27. The lowest BCUT2D eigenvalue weighted by Crippen LogP contribution is -3.03. The number of amidine groups is 1. The van der Waals surface area contributed by atoms with Gasteiger partial charge in [0, 0.05) is 6.42 Å². The van der Waals surface area contributed by atoms with E-state index in [0.29, 0.717) is 5.84 Å². The summed E-state index contributed by atoms with van der Waals surface area (Å²) in [5.74, 6) is 0.685. The normalized spacial score (nSPS) is 17.9. The summed E-state index contributed by atoms with van der Waals surface area (Å²) in [5.41, 5.74) is 2.31. The average Bonchev–Trinajstić information content (AvgIpc) is 2.73. The fraction of sp³-hybridized carbons (Fsp3) is 0.286. The Labute approximate surface area is 106 Å². The van der Waals surface area contributed by atoms with E-state index < -0.39 is 0 Å². The second-order valence-electron chi connectivity index (χ2n) is 4.53. The monoisotopic (exact) mass is 241 g/mol. The van der Waals surface area contributed by atoms with Crippen LogP contribution in [-0.4, -0.2) is 10.8 Å². The minimum Gasteiger partial charge on any atom is -0.622 e. The fourth-order valence-electron chi connectivity index (χ4n) is 2.31. The Kier molecular flexibility index (Phi) is 2.81. The number of rotatable bonds is 3. The zero-order valence-electron chi connectivity index (χ0n) is 10.3. The van der Waals surface area contributed by atoms with Gasteiger partial charge in [0.1, 0.15) is 5.69 Å². The largest absolute Gasteiger partial charge is 0.622 e. The standard InChI is InChI=1S/C14H15N3O/c1-2-3-8-13-16-12-9-15-11-7-5-4-6-10(11)14(12)17(13)18/h4-7,9,17H,2-3,8H2,1H3. The SMILES string of the molecule is CCCCC1=Nc2cnc3ccccc3c2[NH+]1[O-]. The molecule has 0 bridgehead atoms. The van der Waals surface area contributed by atoms with Crippen LogP contribution >= 0.6 is 0 Å². The number of hydrogen-bond acceptors (Lipinski definition) is 3. The van der Waals surface area contributed by atoms with Crippen molar-refractivity contribution in [2.45, 2.75) is 26.2 Å². The number of para-hydroxylation sites is 1. The number of benzene rings is 1. The molecule has 1 aromatic carbocycles. The Morgan fingerprint density at radius 1 is 1.28 bits per heavy atom. The molecule has 4 heteroatoms. The Morgan fingerprint density at radius 3 is 2.94 bits per heavy atom. The summed E-state index contributed by atoms with van der Waals surface area (Å²) >= 11 is 0. The molecule has 1 aliphatic heterocycles. The van der Waals surface area contributed by atoms with E-state index in [1.807, 2.05) is 24.3 Å². The molecule has 1 aliphatic rings. The van der Waals surface area contributed by atoms with Crippen LogP contribution in [0.15, 0.2) is 35.5 Å². The molecule has 4 nitrogen and oxygen atoms in total. The van der Waals surface area contributed by atoms with Crippen molar-refractivity contribution in [3.05, 3.63) is 35.7 Å². The van der Waals surface area contributed by atoms with Gasteiger partial charge in [-0.25, -0.2) is 0 Å². The van der Waals surface area contributed by atoms with Crippen LogP contribution < -0.4 is 5.06 Å². The van der Waals surface area contributed by atoms with E-state index in [9.17, 15) is 5.21 Å². The molecule has 2 heterocycles. The highest BCUT2D eigenvalue weighted by Crippen LogP contribution is 2.31. The fourth-order valence-corrected chi connectivity index (χ4v) is 2.31. The predicted octanol–water partition coefficient (Wildman–Crippen LogP) is 2.48. The summed E-state index contributed by atoms with van der Waals surface area (Å²) in [7, 11) is 0. The van der Waals surface area contributed by atoms with Crippen molar-refractivity contribution < 1.29 is 5.06 Å². The van der Waals surface area contributed by atoms with Crippen molar-refractivity contribution in [1.29, 1.82) is 0 Å². The molecule has 2 aromatic rings. The molecule has 92 valence electrons. The Morgan fingerprint density at radius 2 is 2.11 bits per heavy atom. The van der Waals surface area contributed by atoms with E-state index >= 15 is 0 Å². The van der Waals surface area contributed by atoms with Crippen LogP contribution in [0.3, 0.4) is 0 Å². The van der Waals surface area contributed by atoms with Crippen molar-refractivity contribution in [2.75, 3.05) is 0 Å². The Bertz CT molecular complexity index is 621. The lowest BCUT2D eigenvalue weighted by Gasteiger charge is -2.18. The molecule has 1 aromatic heterocycles. The minimum absolute atomic E-state index is 0.0806. The van der Waals surface area contributed by atoms with Gasteiger partial charge >= 0.3 is 0 Å². The van der Waals surface area contributed by atoms with Crippen LogP contribution in [0.1, 0.15) is 26.2 Å². The van der Waals surface area contributed by atoms with E-state index in [1.165, 1.54) is 0 Å². The molecule has 1 unspecified atom stereocenters. The molecular weight excluding hydrogens is 226 g/mol. The van der Waals surface area contributed by atoms with Gasteiger partial charge in [0.15, 0.2) is 5.69 Å². The van der Waals surface area contributed by atoms with E-state index in [-0.39, 0.29) is 5.06 Å². The third-order valence-corrected chi connectivity index (χ3v) is 3.27. The molecule has 0 fully saturated rings. The summed E-state index contributed by atoms with van der Waals surface area (Å²) < 4.78 is 0. The first-order valence-corrected chi connectivity index (χ1v) is 6.31. The molecule has 3 rings (SSSR count). The predicted molar refractivity (Wildman–Crippen MR) is 72.4 cm³/mol. The average molecular weight is 241 g/mol. The van der Waals surface area contributed by atoms with Gasteiger partial charge in [-0.15, -0.1) is 0 Å². The van der Waals surface area contributed by atoms with Gasteiger partial charge in [0.05, 0.1) is 17.1 Å². The summed E-state index contributed by atoms with van der Waals surface area (Å²) in [6, 6.07) is 7.73. The molecule has 1 N–H and O–H groups in total. The third kappa shape index (κ3) is 1.70. The molecule has 0 saturated heterocycles. The van der Waals surface area contributed by atoms with Crippen molar-refractivity contribution in [3.63, 3.8) is 0 Å². The Balaban J connectivity index is 2.06. The molecule has 0 saturated carbocycles. The van der Waals surface area contributed by atoms with Gasteiger partial charge in [0.2, 0.25) is 5.84 Å². The molecule has 0 amide bonds. The van der Waals surface area contributed by atoms with Crippen molar-refractivity contribution in [2.24, 2.45) is 4.99 Å². The second-order valence-corrected chi connectivity index (χ2v) is 4.53. The number of hydrogen-bond donors (Lipinski definition) is 1. The van der Waals surface area contributed by atoms with Crippen molar-refractivity contribution >= 4 is 28.1 Å². The van der Waals surface area contributed by atoms with Crippen LogP contribution in [0.2, 0.25) is 0 Å². The van der Waals surface area contributed by atoms with Crippen molar-refractivity contribution in [1.82, 2.24) is 4.98 Å². The molecule has 0 spiro atoms. The summed E-state index contributed by atoms with van der Waals surface area (Å²) in [5, 5.41) is 13.4. The zero-order chi connectivity index (χ0) is 12.5. The maximum atomic E-state index is 12.4. The van der Waals surface area contributed by atoms with Gasteiger partial charge in [-0.2, -0.15) is 4.99 Å². The number of pyridine rings is 1. The molecule has 0 radical (unpaired) electrons. The maximum Gasteiger partial charge on any atom is 0.207 e. The van der Waals surface area contributed by atoms with Crippen LogP contribution in [-0.2, 0) is 0 Å². The second kappa shape index (κ2) is 4.48. The van der Waals surface area contributed by atoms with E-state index in [2.05, 4.69) is 16.9 Å². The van der Waals surface area contributed by atoms with E-state index in [1.54, 1.807) is 6.20 Å². The molecular formula is C14H15N3O. The lowest BCUT2D eigenvalue weighted by atomic mass is 10.1. The summed E-state index contributed by atoms with van der Waals surface area (Å²) in [6.07, 6.45) is 4.54. The molecule has 18 heavy (non-hydrogen) atoms. The first kappa shape index (κ1) is 11.3. The quantitative estimate of drug-likeness (QED) is 0.839. The highest BCUT2D eigenvalue weighted by molar-refractivity contribution is 5.99. The number of aromatic nitrogens is 1. The number of aliphatic imine (C=N–C) groups is 1. The van der Waals surface area contributed by atoms with Gasteiger partial charge < -0.3 is 5.21 Å². The Hall–Kier alpha value is -1.78. The minimum atomic E-state index is 0.0806. The summed E-state index contributed by atoms with van der Waals surface area (Å²) in [6.45, 7) is 2.12. The maximum absolute atomic E-state index is 12.4. The van der Waals surface area contributed by atoms with Crippen LogP contribution in [0.25, 0.3) is 10.9 Å². The highest BCUT2D eigenvalue weighted by Gasteiger charge is 2.26. The van der Waals surface area contributed by atoms with Crippen LogP contribution in [0, 0.1) is 5.21 Å². The highest BCUT2D eigenvalue weighted by atomic mass is 16.5. The number of hydroxylamine groups is 1. The van der Waals surface area contributed by atoms with E-state index in [4.69, 9.17) is 0 Å². The number of fused-ring (bicyclic) bond motifs is 3. The van der Waals surface area contributed by atoms with E-state index in [0.717, 1.165) is 41.5 Å². The smallest absolute Gasteiger partial charge is 0.207 e. The first-order chi connectivity index (χ1) is 8.81. The van der Waals surface area contributed by atoms with Crippen LogP contribution in [0.4, 0.5) is 11.4 Å². The van der Waals surface area contributed by atoms with Gasteiger partial charge in [0.25, 0.3) is 0 Å². The number of unbranched alkanes of at least 4 members (excludes halogenated alkanes) is 1. The van der Waals surface area contributed by atoms with Crippen LogP contribution in [0.5, 0.6) is 0 Å². The zero-order valence-corrected chi connectivity index (χ0v) is 10.3. The number of nitrogens with zero attached hydrogens (tertiary/aromatic N) is 2. The lowest BCUT2D eigenvalue weighted by molar-refractivity contribution is -0.664. The van der Waals surface area contributed by atoms with Crippen molar-refractivity contribution in [3.8, 4) is 0 Å². The molecule has 1 atom stereocenters. The van der Waals surface area contributed by atoms with Gasteiger partial charge in [-0.05, 0) is 18.6 Å². The summed E-state index contributed by atoms with van der Waals surface area (Å²) in [4.78, 5) is 8.77. The topological polar surface area (TPSA) is 52.8 Å².